The molecule has 10 heteroatoms. The van der Waals surface area contributed by atoms with Crippen LogP contribution < -0.4 is 5.32 Å². The summed E-state index contributed by atoms with van der Waals surface area (Å²) in [6.45, 7) is 4.77. The van der Waals surface area contributed by atoms with Crippen LogP contribution in [0.1, 0.15) is 0 Å². The van der Waals surface area contributed by atoms with E-state index >= 15 is 0 Å². The number of carbonyl (C=O) groups excluding carboxylic acids is 3. The van der Waals surface area contributed by atoms with Gasteiger partial charge in [0.2, 0.25) is 10.4 Å². The van der Waals surface area contributed by atoms with Crippen molar-refractivity contribution < 1.29 is 33.3 Å². The molecule has 0 unspecified atom stereocenters. The highest BCUT2D eigenvalue weighted by molar-refractivity contribution is 8.38. The Morgan fingerprint density at radius 3 is 2.61 bits per heavy atom. The summed E-state index contributed by atoms with van der Waals surface area (Å²) in [4.78, 5) is 33.7. The molecule has 1 saturated heterocycles. The van der Waals surface area contributed by atoms with Gasteiger partial charge in [-0.15, -0.1) is 0 Å². The summed E-state index contributed by atoms with van der Waals surface area (Å²) in [6.07, 6.45) is 0.281. The lowest BCUT2D eigenvalue weighted by Gasteiger charge is -2.20. The highest BCUT2D eigenvalue weighted by atomic mass is 32.2. The van der Waals surface area contributed by atoms with Crippen LogP contribution in [0.2, 0.25) is 0 Å². The number of hydrogen-bond acceptors (Lipinski definition) is 9. The molecule has 130 valence electrons. The van der Waals surface area contributed by atoms with Crippen LogP contribution in [-0.2, 0) is 23.7 Å². The lowest BCUT2D eigenvalue weighted by atomic mass is 10.5. The van der Waals surface area contributed by atoms with E-state index in [1.165, 1.54) is 0 Å². The number of rotatable bonds is 8. The molecule has 0 atom stereocenters. The number of thioether (sulfide) groups is 2. The van der Waals surface area contributed by atoms with E-state index in [4.69, 9.17) is 18.9 Å². The molecule has 1 amide bonds. The van der Waals surface area contributed by atoms with Gasteiger partial charge >= 0.3 is 6.16 Å². The second kappa shape index (κ2) is 12.2. The zero-order valence-electron chi connectivity index (χ0n) is 12.5. The Hall–Kier alpha value is -1.23. The third-order valence-corrected chi connectivity index (χ3v) is 4.41. The van der Waals surface area contributed by atoms with Crippen molar-refractivity contribution in [2.75, 3.05) is 45.5 Å². The van der Waals surface area contributed by atoms with Gasteiger partial charge in [-0.25, -0.2) is 4.79 Å². The highest BCUT2D eigenvalue weighted by Crippen LogP contribution is 2.23. The normalized spacial score (nSPS) is 14.8. The smallest absolute Gasteiger partial charge is 0.433 e. The van der Waals surface area contributed by atoms with Gasteiger partial charge in [-0.3, -0.25) is 9.59 Å². The molecule has 0 saturated carbocycles. The Kier molecular flexibility index (Phi) is 10.5. The SMILES string of the molecule is C=CC(=O)NCCOC(=O)OCCSC(=O)SC1COCOC1. The minimum absolute atomic E-state index is 0.000379. The van der Waals surface area contributed by atoms with E-state index in [0.29, 0.717) is 19.0 Å². The number of amides is 1. The quantitative estimate of drug-likeness (QED) is 0.388. The van der Waals surface area contributed by atoms with E-state index in [2.05, 4.69) is 11.9 Å². The Morgan fingerprint density at radius 2 is 1.91 bits per heavy atom. The van der Waals surface area contributed by atoms with Gasteiger partial charge in [0.1, 0.15) is 20.0 Å². The molecular formula is C13H19NO7S2. The average Bonchev–Trinajstić information content (AvgIpc) is 2.56. The molecule has 1 N–H and O–H groups in total. The summed E-state index contributed by atoms with van der Waals surface area (Å²) < 4.78 is 19.6. The third kappa shape index (κ3) is 10.2. The van der Waals surface area contributed by atoms with Crippen molar-refractivity contribution in [3.63, 3.8) is 0 Å². The van der Waals surface area contributed by atoms with Gasteiger partial charge in [0, 0.05) is 5.75 Å². The van der Waals surface area contributed by atoms with Crippen molar-refractivity contribution >= 4 is 40.0 Å². The van der Waals surface area contributed by atoms with E-state index < -0.39 is 6.16 Å². The molecule has 8 nitrogen and oxygen atoms in total. The van der Waals surface area contributed by atoms with Gasteiger partial charge in [0.25, 0.3) is 0 Å². The zero-order valence-corrected chi connectivity index (χ0v) is 14.1. The van der Waals surface area contributed by atoms with Crippen LogP contribution >= 0.6 is 23.5 Å². The molecule has 1 aliphatic heterocycles. The fourth-order valence-electron chi connectivity index (χ4n) is 1.38. The summed E-state index contributed by atoms with van der Waals surface area (Å²) in [5.74, 6) is -0.00843. The first kappa shape index (κ1) is 19.8. The number of nitrogens with one attached hydrogen (secondary N) is 1. The first-order valence-corrected chi connectivity index (χ1v) is 8.67. The maximum absolute atomic E-state index is 11.7. The second-order valence-electron chi connectivity index (χ2n) is 4.14. The summed E-state index contributed by atoms with van der Waals surface area (Å²) in [5.41, 5.74) is 0. The van der Waals surface area contributed by atoms with Crippen molar-refractivity contribution in [1.29, 1.82) is 0 Å². The number of hydrogen-bond donors (Lipinski definition) is 1. The summed E-state index contributed by atoms with van der Waals surface area (Å²) in [7, 11) is 0. The molecule has 0 spiro atoms. The molecule has 0 aliphatic carbocycles. The van der Waals surface area contributed by atoms with Crippen LogP contribution in [0, 0.1) is 0 Å². The van der Waals surface area contributed by atoms with Gasteiger partial charge in [0.15, 0.2) is 0 Å². The van der Waals surface area contributed by atoms with Crippen LogP contribution in [0.25, 0.3) is 0 Å². The first-order chi connectivity index (χ1) is 11.1. The van der Waals surface area contributed by atoms with Crippen LogP contribution in [-0.4, -0.2) is 67.3 Å². The van der Waals surface area contributed by atoms with Gasteiger partial charge in [-0.1, -0.05) is 30.1 Å². The van der Waals surface area contributed by atoms with Gasteiger partial charge in [-0.05, 0) is 6.08 Å². The zero-order chi connectivity index (χ0) is 16.9. The number of ether oxygens (including phenoxy) is 4. The van der Waals surface area contributed by atoms with E-state index in [1.54, 1.807) is 0 Å². The minimum Gasteiger partial charge on any atom is -0.433 e. The average molecular weight is 365 g/mol. The van der Waals surface area contributed by atoms with Crippen LogP contribution in [0.4, 0.5) is 9.59 Å². The molecule has 1 aliphatic rings. The molecule has 1 rings (SSSR count). The predicted molar refractivity (Wildman–Crippen MR) is 86.5 cm³/mol. The molecule has 1 fully saturated rings. The molecule has 0 bridgehead atoms. The lowest BCUT2D eigenvalue weighted by molar-refractivity contribution is -0.116. The molecular weight excluding hydrogens is 346 g/mol. The highest BCUT2D eigenvalue weighted by Gasteiger charge is 2.19. The van der Waals surface area contributed by atoms with Crippen molar-refractivity contribution in [3.8, 4) is 0 Å². The Morgan fingerprint density at radius 1 is 1.22 bits per heavy atom. The standard InChI is InChI=1S/C13H19NO7S2/c1-2-11(15)14-3-4-20-12(16)21-5-6-22-13(17)23-10-7-18-9-19-8-10/h2,10H,1,3-9H2,(H,14,15). The largest absolute Gasteiger partial charge is 0.508 e. The Bertz CT molecular complexity index is 413. The maximum atomic E-state index is 11.7. The fourth-order valence-corrected chi connectivity index (χ4v) is 3.24. The van der Waals surface area contributed by atoms with Gasteiger partial charge in [0.05, 0.1) is 25.0 Å². The molecule has 0 aromatic heterocycles. The van der Waals surface area contributed by atoms with E-state index in [1.807, 2.05) is 0 Å². The van der Waals surface area contributed by atoms with Crippen LogP contribution in [0.3, 0.4) is 0 Å². The first-order valence-electron chi connectivity index (χ1n) is 6.80. The van der Waals surface area contributed by atoms with Gasteiger partial charge in [-0.2, -0.15) is 0 Å². The summed E-state index contributed by atoms with van der Waals surface area (Å²) >= 11 is 2.21. The molecule has 1 heterocycles. The van der Waals surface area contributed by atoms with Gasteiger partial charge < -0.3 is 24.3 Å². The molecule has 0 radical (unpaired) electrons. The second-order valence-corrected chi connectivity index (χ2v) is 6.74. The monoisotopic (exact) mass is 365 g/mol. The third-order valence-electron chi connectivity index (χ3n) is 2.37. The van der Waals surface area contributed by atoms with Crippen LogP contribution in [0.5, 0.6) is 0 Å². The van der Waals surface area contributed by atoms with Crippen molar-refractivity contribution in [2.45, 2.75) is 5.25 Å². The van der Waals surface area contributed by atoms with Crippen molar-refractivity contribution in [1.82, 2.24) is 5.32 Å². The Labute approximate surface area is 142 Å². The topological polar surface area (TPSA) is 100 Å². The lowest BCUT2D eigenvalue weighted by Crippen LogP contribution is -2.27. The van der Waals surface area contributed by atoms with Crippen molar-refractivity contribution in [2.24, 2.45) is 0 Å². The van der Waals surface area contributed by atoms with Crippen LogP contribution in [0.15, 0.2) is 12.7 Å². The maximum Gasteiger partial charge on any atom is 0.508 e. The predicted octanol–water partition coefficient (Wildman–Crippen LogP) is 1.40. The summed E-state index contributed by atoms with van der Waals surface area (Å²) in [5, 5.41) is 2.45. The fraction of sp³-hybridized carbons (Fsp3) is 0.615. The van der Waals surface area contributed by atoms with E-state index in [-0.39, 0.29) is 42.2 Å². The molecule has 0 aromatic rings. The van der Waals surface area contributed by atoms with E-state index in [9.17, 15) is 14.4 Å². The molecule has 23 heavy (non-hydrogen) atoms. The summed E-state index contributed by atoms with van der Waals surface area (Å²) in [6, 6.07) is 0. The Balaban J connectivity index is 1.96. The molecule has 0 aromatic carbocycles. The minimum atomic E-state index is -0.840. The number of carbonyl (C=O) groups is 3. The van der Waals surface area contributed by atoms with Crippen molar-refractivity contribution in [3.05, 3.63) is 12.7 Å². The van der Waals surface area contributed by atoms with E-state index in [0.717, 1.165) is 29.6 Å².